The quantitative estimate of drug-likeness (QED) is 0.746. The summed E-state index contributed by atoms with van der Waals surface area (Å²) in [6.45, 7) is 3.97. The lowest BCUT2D eigenvalue weighted by atomic mass is 10.1. The molecule has 5 heteroatoms. The van der Waals surface area contributed by atoms with Gasteiger partial charge in [-0.2, -0.15) is 0 Å². The Morgan fingerprint density at radius 1 is 1.28 bits per heavy atom. The molecule has 3 aromatic rings. The standard InChI is InChI=1S/C20H17ClN2O2/c1-11-6-7-14(21)9-17(11)22-20(25)16-10-23-12(2)8-13-4-3-5-15(18(13)23)19(16)24/h3-7,9-10,12H,8H2,1-2H3,(H,22,25). The highest BCUT2D eigenvalue weighted by Crippen LogP contribution is 2.31. The van der Waals surface area contributed by atoms with Crippen LogP contribution < -0.4 is 10.7 Å². The minimum absolute atomic E-state index is 0.151. The number of para-hydroxylation sites is 1. The Bertz CT molecular complexity index is 1080. The number of hydrogen-bond donors (Lipinski definition) is 1. The van der Waals surface area contributed by atoms with Crippen molar-refractivity contribution in [2.24, 2.45) is 0 Å². The summed E-state index contributed by atoms with van der Waals surface area (Å²) in [7, 11) is 0. The van der Waals surface area contributed by atoms with Gasteiger partial charge in [-0.3, -0.25) is 9.59 Å². The van der Waals surface area contributed by atoms with E-state index in [1.165, 1.54) is 0 Å². The zero-order valence-electron chi connectivity index (χ0n) is 14.0. The summed E-state index contributed by atoms with van der Waals surface area (Å²) in [6, 6.07) is 11.2. The number of amides is 1. The van der Waals surface area contributed by atoms with Crippen LogP contribution in [0.25, 0.3) is 10.9 Å². The van der Waals surface area contributed by atoms with Gasteiger partial charge in [-0.05, 0) is 49.6 Å². The Hall–Kier alpha value is -2.59. The van der Waals surface area contributed by atoms with Gasteiger partial charge in [0.2, 0.25) is 5.43 Å². The number of nitrogens with one attached hydrogen (secondary N) is 1. The highest BCUT2D eigenvalue weighted by Gasteiger charge is 2.24. The summed E-state index contributed by atoms with van der Waals surface area (Å²) in [5.41, 5.74) is 3.51. The molecule has 0 fully saturated rings. The van der Waals surface area contributed by atoms with Crippen LogP contribution in [0.4, 0.5) is 5.69 Å². The molecule has 0 spiro atoms. The molecule has 0 radical (unpaired) electrons. The molecule has 1 aliphatic rings. The molecule has 0 saturated carbocycles. The molecule has 2 heterocycles. The van der Waals surface area contributed by atoms with E-state index in [4.69, 9.17) is 11.6 Å². The fraction of sp³-hybridized carbons (Fsp3) is 0.200. The summed E-state index contributed by atoms with van der Waals surface area (Å²) in [5, 5.41) is 3.95. The lowest BCUT2D eigenvalue weighted by Gasteiger charge is -2.13. The first-order valence-electron chi connectivity index (χ1n) is 8.20. The molecular weight excluding hydrogens is 336 g/mol. The van der Waals surface area contributed by atoms with E-state index in [0.717, 1.165) is 23.1 Å². The Kier molecular flexibility index (Phi) is 3.65. The highest BCUT2D eigenvalue weighted by molar-refractivity contribution is 6.31. The van der Waals surface area contributed by atoms with Crippen molar-refractivity contribution in [3.8, 4) is 0 Å². The predicted molar refractivity (Wildman–Crippen MR) is 101 cm³/mol. The van der Waals surface area contributed by atoms with E-state index in [0.29, 0.717) is 16.1 Å². The SMILES string of the molecule is Cc1ccc(Cl)cc1NC(=O)c1cn2c3c(cccc3c1=O)CC2C. The Balaban J connectivity index is 1.83. The number of pyridine rings is 1. The van der Waals surface area contributed by atoms with Gasteiger partial charge < -0.3 is 9.88 Å². The second-order valence-electron chi connectivity index (χ2n) is 6.56. The molecule has 4 rings (SSSR count). The first-order valence-corrected chi connectivity index (χ1v) is 8.58. The number of benzene rings is 2. The number of rotatable bonds is 2. The van der Waals surface area contributed by atoms with Crippen LogP contribution in [0.3, 0.4) is 0 Å². The average molecular weight is 353 g/mol. The smallest absolute Gasteiger partial charge is 0.261 e. The normalized spacial score (nSPS) is 15.6. The molecule has 1 aliphatic heterocycles. The van der Waals surface area contributed by atoms with Crippen LogP contribution in [-0.4, -0.2) is 10.5 Å². The summed E-state index contributed by atoms with van der Waals surface area (Å²) < 4.78 is 2.03. The van der Waals surface area contributed by atoms with Crippen molar-refractivity contribution in [1.82, 2.24) is 4.57 Å². The molecule has 1 amide bonds. The van der Waals surface area contributed by atoms with Crippen molar-refractivity contribution in [3.05, 3.63) is 74.5 Å². The van der Waals surface area contributed by atoms with Crippen LogP contribution in [0, 0.1) is 6.92 Å². The van der Waals surface area contributed by atoms with Gasteiger partial charge >= 0.3 is 0 Å². The van der Waals surface area contributed by atoms with Gasteiger partial charge in [-0.1, -0.05) is 29.8 Å². The number of anilines is 1. The third-order valence-corrected chi connectivity index (χ3v) is 5.05. The molecule has 1 unspecified atom stereocenters. The van der Waals surface area contributed by atoms with Gasteiger partial charge in [0.15, 0.2) is 0 Å². The van der Waals surface area contributed by atoms with Crippen molar-refractivity contribution in [2.45, 2.75) is 26.3 Å². The van der Waals surface area contributed by atoms with Crippen LogP contribution in [0.5, 0.6) is 0 Å². The minimum Gasteiger partial charge on any atom is -0.343 e. The molecule has 4 nitrogen and oxygen atoms in total. The number of hydrogen-bond acceptors (Lipinski definition) is 2. The third kappa shape index (κ3) is 2.53. The highest BCUT2D eigenvalue weighted by atomic mass is 35.5. The van der Waals surface area contributed by atoms with Crippen molar-refractivity contribution in [1.29, 1.82) is 0 Å². The van der Waals surface area contributed by atoms with Crippen molar-refractivity contribution >= 4 is 34.1 Å². The number of carbonyl (C=O) groups excluding carboxylic acids is 1. The molecule has 0 aliphatic carbocycles. The van der Waals surface area contributed by atoms with Crippen LogP contribution in [0.2, 0.25) is 5.02 Å². The van der Waals surface area contributed by atoms with Gasteiger partial charge in [-0.25, -0.2) is 0 Å². The maximum absolute atomic E-state index is 12.9. The minimum atomic E-state index is -0.412. The number of nitrogens with zero attached hydrogens (tertiary/aromatic N) is 1. The maximum atomic E-state index is 12.9. The largest absolute Gasteiger partial charge is 0.343 e. The number of aryl methyl sites for hydroxylation is 1. The average Bonchev–Trinajstić information content (AvgIpc) is 2.90. The lowest BCUT2D eigenvalue weighted by Crippen LogP contribution is -2.24. The summed E-state index contributed by atoms with van der Waals surface area (Å²) in [4.78, 5) is 25.6. The van der Waals surface area contributed by atoms with E-state index < -0.39 is 5.91 Å². The molecule has 1 atom stereocenters. The van der Waals surface area contributed by atoms with Gasteiger partial charge in [-0.15, -0.1) is 0 Å². The second-order valence-corrected chi connectivity index (χ2v) is 7.00. The molecule has 25 heavy (non-hydrogen) atoms. The molecule has 1 N–H and O–H groups in total. The number of carbonyl (C=O) groups is 1. The first kappa shape index (κ1) is 15.9. The summed E-state index contributed by atoms with van der Waals surface area (Å²) >= 11 is 6.01. The van der Waals surface area contributed by atoms with E-state index in [2.05, 4.69) is 12.2 Å². The number of aromatic nitrogens is 1. The zero-order valence-corrected chi connectivity index (χ0v) is 14.7. The van der Waals surface area contributed by atoms with Crippen LogP contribution in [-0.2, 0) is 6.42 Å². The molecule has 2 aromatic carbocycles. The van der Waals surface area contributed by atoms with Gasteiger partial charge in [0.1, 0.15) is 5.56 Å². The van der Waals surface area contributed by atoms with Gasteiger partial charge in [0.25, 0.3) is 5.91 Å². The Morgan fingerprint density at radius 2 is 2.08 bits per heavy atom. The fourth-order valence-corrected chi connectivity index (χ4v) is 3.67. The van der Waals surface area contributed by atoms with Crippen LogP contribution in [0.1, 0.15) is 34.5 Å². The second kappa shape index (κ2) is 5.74. The Morgan fingerprint density at radius 3 is 2.88 bits per heavy atom. The van der Waals surface area contributed by atoms with E-state index in [1.54, 1.807) is 24.4 Å². The summed E-state index contributed by atoms with van der Waals surface area (Å²) in [5.74, 6) is -0.412. The number of halogens is 1. The molecule has 126 valence electrons. The van der Waals surface area contributed by atoms with E-state index >= 15 is 0 Å². The van der Waals surface area contributed by atoms with Crippen molar-refractivity contribution in [2.75, 3.05) is 5.32 Å². The third-order valence-electron chi connectivity index (χ3n) is 4.82. The maximum Gasteiger partial charge on any atom is 0.261 e. The van der Waals surface area contributed by atoms with Crippen LogP contribution >= 0.6 is 11.6 Å². The van der Waals surface area contributed by atoms with E-state index in [1.807, 2.05) is 29.7 Å². The first-order chi connectivity index (χ1) is 12.0. The topological polar surface area (TPSA) is 51.1 Å². The molecule has 1 aromatic heterocycles. The van der Waals surface area contributed by atoms with E-state index in [9.17, 15) is 9.59 Å². The zero-order chi connectivity index (χ0) is 17.7. The van der Waals surface area contributed by atoms with Gasteiger partial charge in [0, 0.05) is 28.3 Å². The van der Waals surface area contributed by atoms with Crippen molar-refractivity contribution < 1.29 is 4.79 Å². The molecule has 0 bridgehead atoms. The van der Waals surface area contributed by atoms with E-state index in [-0.39, 0.29) is 17.0 Å². The Labute approximate surface area is 150 Å². The molecule has 0 saturated heterocycles. The molecular formula is C20H17ClN2O2. The lowest BCUT2D eigenvalue weighted by molar-refractivity contribution is 0.102. The summed E-state index contributed by atoms with van der Waals surface area (Å²) in [6.07, 6.45) is 2.55. The predicted octanol–water partition coefficient (Wildman–Crippen LogP) is 4.33. The fourth-order valence-electron chi connectivity index (χ4n) is 3.50. The van der Waals surface area contributed by atoms with Gasteiger partial charge in [0.05, 0.1) is 5.52 Å². The monoisotopic (exact) mass is 352 g/mol. The van der Waals surface area contributed by atoms with Crippen molar-refractivity contribution in [3.63, 3.8) is 0 Å². The van der Waals surface area contributed by atoms with Crippen LogP contribution in [0.15, 0.2) is 47.4 Å².